The molecule has 0 spiro atoms. The number of carboxylic acids is 1. The molecule has 0 aliphatic rings. The molecule has 0 aromatic heterocycles. The predicted molar refractivity (Wildman–Crippen MR) is 44.6 cm³/mol. The second-order valence-electron chi connectivity index (χ2n) is 1.52. The predicted octanol–water partition coefficient (Wildman–Crippen LogP) is -3.68. The molecule has 0 aromatic rings. The molecule has 0 bridgehead atoms. The zero-order valence-corrected chi connectivity index (χ0v) is 9.62. The molecule has 0 radical (unpaired) electrons. The van der Waals surface area contributed by atoms with Gasteiger partial charge in [-0.05, 0) is 0 Å². The Morgan fingerprint density at radius 2 is 1.50 bits per heavy atom. The van der Waals surface area contributed by atoms with E-state index < -0.39 is 21.6 Å². The fourth-order valence-corrected chi connectivity index (χ4v) is 0.957. The Bertz CT molecular complexity index is 143. The van der Waals surface area contributed by atoms with Gasteiger partial charge in [0.05, 0.1) is 5.38 Å². The van der Waals surface area contributed by atoms with Crippen molar-refractivity contribution in [3.8, 4) is 0 Å². The molecule has 0 heterocycles. The maximum absolute atomic E-state index is 10.1. The van der Waals surface area contributed by atoms with Gasteiger partial charge in [0.1, 0.15) is 10.2 Å². The van der Waals surface area contributed by atoms with E-state index in [1.54, 1.807) is 0 Å². The molecule has 8 heteroatoms. The van der Waals surface area contributed by atoms with Crippen LogP contribution in [0.1, 0.15) is 2.85 Å². The number of carbonyl (C=O) groups is 1. The Morgan fingerprint density at radius 3 is 1.58 bits per heavy atom. The fraction of sp³-hybridized carbons (Fsp3) is 0.750. The van der Waals surface area contributed by atoms with Gasteiger partial charge in [-0.2, -0.15) is 0 Å². The molecule has 64 valence electrons. The van der Waals surface area contributed by atoms with Crippen molar-refractivity contribution in [3.63, 3.8) is 0 Å². The van der Waals surface area contributed by atoms with Gasteiger partial charge in [-0.25, -0.2) is 0 Å². The average Bonchev–Trinajstić information content (AvgIpc) is 1.84. The van der Waals surface area contributed by atoms with Crippen LogP contribution < -0.4 is 37.7 Å². The molecule has 0 saturated heterocycles. The maximum Gasteiger partial charge on any atom is 1.00 e. The Morgan fingerprint density at radius 1 is 1.17 bits per heavy atom. The summed E-state index contributed by atoms with van der Waals surface area (Å²) in [4.78, 5) is 9.14. The van der Waals surface area contributed by atoms with Crippen molar-refractivity contribution >= 4 is 52.4 Å². The van der Waals surface area contributed by atoms with Crippen molar-refractivity contribution in [2.45, 2.75) is 15.6 Å². The van der Waals surface area contributed by atoms with E-state index in [9.17, 15) is 4.79 Å². The SMILES string of the molecule is O=C(O)C(Cl)C(Cl)C(Cl)Cl.[H-].[H-].[Li+].[Li+]. The summed E-state index contributed by atoms with van der Waals surface area (Å²) in [5.41, 5.74) is 0. The van der Waals surface area contributed by atoms with Crippen molar-refractivity contribution in [2.75, 3.05) is 0 Å². The molecule has 0 amide bonds. The second-order valence-corrected chi connectivity index (χ2v) is 3.66. The van der Waals surface area contributed by atoms with Gasteiger partial charge >= 0.3 is 43.7 Å². The number of hydrogen-bond donors (Lipinski definition) is 1. The first-order valence-corrected chi connectivity index (χ1v) is 4.00. The summed E-state index contributed by atoms with van der Waals surface area (Å²) in [6.45, 7) is 0. The van der Waals surface area contributed by atoms with Crippen LogP contribution in [-0.4, -0.2) is 26.7 Å². The quantitative estimate of drug-likeness (QED) is 0.409. The summed E-state index contributed by atoms with van der Waals surface area (Å²) in [7, 11) is 0. The number of hydrogen-bond acceptors (Lipinski definition) is 1. The molecular weight excluding hydrogens is 236 g/mol. The molecule has 0 fully saturated rings. The van der Waals surface area contributed by atoms with E-state index in [1.807, 2.05) is 0 Å². The molecule has 2 nitrogen and oxygen atoms in total. The Labute approximate surface area is 118 Å². The molecule has 0 aliphatic carbocycles. The van der Waals surface area contributed by atoms with Crippen LogP contribution in [-0.2, 0) is 4.79 Å². The van der Waals surface area contributed by atoms with Gasteiger partial charge in [-0.3, -0.25) is 4.79 Å². The third-order valence-corrected chi connectivity index (χ3v) is 2.65. The van der Waals surface area contributed by atoms with Crippen molar-refractivity contribution in [1.82, 2.24) is 0 Å². The zero-order valence-electron chi connectivity index (χ0n) is 8.60. The normalized spacial score (nSPS) is 14.1. The summed E-state index contributed by atoms with van der Waals surface area (Å²) in [6.07, 6.45) is 0. The fourth-order valence-electron chi connectivity index (χ4n) is 0.264. The number of carboxylic acid groups (broad SMARTS) is 1. The van der Waals surface area contributed by atoms with Gasteiger partial charge in [-0.1, -0.05) is 0 Å². The maximum atomic E-state index is 10.1. The van der Waals surface area contributed by atoms with Crippen LogP contribution in [0.5, 0.6) is 0 Å². The Balaban J connectivity index is -0.0000000675. The van der Waals surface area contributed by atoms with Crippen LogP contribution >= 0.6 is 46.4 Å². The van der Waals surface area contributed by atoms with E-state index in [1.165, 1.54) is 0 Å². The topological polar surface area (TPSA) is 37.3 Å². The third-order valence-electron chi connectivity index (χ3n) is 0.756. The molecule has 0 rings (SSSR count). The second kappa shape index (κ2) is 9.38. The van der Waals surface area contributed by atoms with E-state index in [0.29, 0.717) is 0 Å². The summed E-state index contributed by atoms with van der Waals surface area (Å²) >= 11 is 21.2. The molecule has 0 aliphatic heterocycles. The van der Waals surface area contributed by atoms with Crippen LogP contribution in [0.2, 0.25) is 0 Å². The van der Waals surface area contributed by atoms with Gasteiger partial charge in [0, 0.05) is 0 Å². The van der Waals surface area contributed by atoms with Crippen molar-refractivity contribution < 1.29 is 50.5 Å². The van der Waals surface area contributed by atoms with E-state index in [2.05, 4.69) is 0 Å². The van der Waals surface area contributed by atoms with E-state index >= 15 is 0 Å². The van der Waals surface area contributed by atoms with Crippen LogP contribution in [0.15, 0.2) is 0 Å². The molecule has 2 unspecified atom stereocenters. The standard InChI is InChI=1S/C4H4Cl4O2.2Li.2H/c5-1(3(7)8)2(6)4(9)10;;;;/h1-3H,(H,9,10);;;;/q;2*+1;2*-1. The Hall–Kier alpha value is 1.82. The summed E-state index contributed by atoms with van der Waals surface area (Å²) < 4.78 is 0. The van der Waals surface area contributed by atoms with Gasteiger partial charge in [0.15, 0.2) is 0 Å². The number of rotatable bonds is 3. The van der Waals surface area contributed by atoms with E-state index in [4.69, 9.17) is 51.5 Å². The summed E-state index contributed by atoms with van der Waals surface area (Å²) in [5.74, 6) is -1.23. The molecule has 12 heavy (non-hydrogen) atoms. The minimum Gasteiger partial charge on any atom is -1.00 e. The average molecular weight is 242 g/mol. The van der Waals surface area contributed by atoms with Crippen molar-refractivity contribution in [3.05, 3.63) is 0 Å². The number of aliphatic carboxylic acids is 1. The Kier molecular flexibility index (Phi) is 15.2. The van der Waals surface area contributed by atoms with Gasteiger partial charge in [0.25, 0.3) is 0 Å². The summed E-state index contributed by atoms with van der Waals surface area (Å²) in [6, 6.07) is 0. The van der Waals surface area contributed by atoms with Gasteiger partial charge in [-0.15, -0.1) is 46.4 Å². The first-order chi connectivity index (χ1) is 4.46. The van der Waals surface area contributed by atoms with Gasteiger partial charge < -0.3 is 7.96 Å². The summed E-state index contributed by atoms with van der Waals surface area (Å²) in [5, 5.41) is 6.05. The van der Waals surface area contributed by atoms with Crippen molar-refractivity contribution in [1.29, 1.82) is 0 Å². The number of alkyl halides is 4. The van der Waals surface area contributed by atoms with Crippen LogP contribution in [0, 0.1) is 0 Å². The smallest absolute Gasteiger partial charge is 1.00 e. The minimum absolute atomic E-state index is 0. The zero-order chi connectivity index (χ0) is 8.31. The number of halogens is 4. The molecule has 2 atom stereocenters. The molecule has 0 aromatic carbocycles. The molecule has 0 saturated carbocycles. The monoisotopic (exact) mass is 240 g/mol. The minimum atomic E-state index is -1.25. The van der Waals surface area contributed by atoms with Crippen molar-refractivity contribution in [2.24, 2.45) is 0 Å². The van der Waals surface area contributed by atoms with Gasteiger partial charge in [0.2, 0.25) is 0 Å². The van der Waals surface area contributed by atoms with Crippen LogP contribution in [0.25, 0.3) is 0 Å². The van der Waals surface area contributed by atoms with E-state index in [0.717, 1.165) is 0 Å². The largest absolute Gasteiger partial charge is 1.00 e. The molecular formula is C4H6Cl4Li2O2. The first kappa shape index (κ1) is 19.4. The first-order valence-electron chi connectivity index (χ1n) is 2.26. The van der Waals surface area contributed by atoms with Crippen LogP contribution in [0.4, 0.5) is 0 Å². The molecule has 1 N–H and O–H groups in total. The third kappa shape index (κ3) is 7.25. The van der Waals surface area contributed by atoms with E-state index in [-0.39, 0.29) is 40.6 Å². The van der Waals surface area contributed by atoms with Crippen LogP contribution in [0.3, 0.4) is 0 Å².